The first-order chi connectivity index (χ1) is 15.8. The number of hydrogen-bond acceptors (Lipinski definition) is 6. The molecule has 0 aliphatic heterocycles. The third kappa shape index (κ3) is 4.64. The summed E-state index contributed by atoms with van der Waals surface area (Å²) in [6.07, 6.45) is 0. The Labute approximate surface area is 190 Å². The molecule has 0 bridgehead atoms. The summed E-state index contributed by atoms with van der Waals surface area (Å²) in [7, 11) is 1.67. The maximum Gasteiger partial charge on any atom is 0.269 e. The minimum atomic E-state index is -0.446. The second-order valence-corrected chi connectivity index (χ2v) is 7.80. The number of amides is 1. The van der Waals surface area contributed by atoms with Crippen molar-refractivity contribution in [3.8, 4) is 22.9 Å². The number of aromatic nitrogens is 2. The van der Waals surface area contributed by atoms with E-state index in [2.05, 4.69) is 10.2 Å². The molecule has 0 spiro atoms. The molecule has 166 valence electrons. The first kappa shape index (κ1) is 21.9. The lowest BCUT2D eigenvalue weighted by Crippen LogP contribution is -2.29. The number of nitrogens with zero attached hydrogens (tertiary/aromatic N) is 4. The largest absolute Gasteiger partial charge is 0.416 e. The molecule has 4 aromatic rings. The molecule has 8 heteroatoms. The molecule has 3 aromatic carbocycles. The van der Waals surface area contributed by atoms with Crippen LogP contribution in [0.4, 0.5) is 5.69 Å². The van der Waals surface area contributed by atoms with E-state index in [4.69, 9.17) is 4.42 Å². The highest BCUT2D eigenvalue weighted by Gasteiger charge is 2.21. The maximum atomic E-state index is 13.0. The van der Waals surface area contributed by atoms with Crippen LogP contribution < -0.4 is 0 Å². The molecular weight excluding hydrogens is 420 g/mol. The first-order valence-electron chi connectivity index (χ1n) is 10.4. The van der Waals surface area contributed by atoms with E-state index in [1.807, 2.05) is 38.1 Å². The van der Waals surface area contributed by atoms with Crippen LogP contribution in [0.2, 0.25) is 0 Å². The molecule has 0 unspecified atom stereocenters. The van der Waals surface area contributed by atoms with E-state index in [0.29, 0.717) is 28.5 Å². The van der Waals surface area contributed by atoms with Crippen LogP contribution in [0.5, 0.6) is 0 Å². The maximum absolute atomic E-state index is 13.0. The molecule has 0 aliphatic rings. The number of nitro groups is 1. The molecule has 1 amide bonds. The van der Waals surface area contributed by atoms with Crippen LogP contribution in [-0.2, 0) is 0 Å². The van der Waals surface area contributed by atoms with Gasteiger partial charge in [0.1, 0.15) is 0 Å². The van der Waals surface area contributed by atoms with Gasteiger partial charge in [-0.2, -0.15) is 0 Å². The quantitative estimate of drug-likeness (QED) is 0.290. The number of rotatable bonds is 6. The Morgan fingerprint density at radius 2 is 1.64 bits per heavy atom. The zero-order valence-electron chi connectivity index (χ0n) is 18.4. The van der Waals surface area contributed by atoms with Crippen molar-refractivity contribution in [2.75, 3.05) is 7.05 Å². The van der Waals surface area contributed by atoms with Gasteiger partial charge >= 0.3 is 0 Å². The molecule has 0 fully saturated rings. The number of benzene rings is 3. The molecule has 0 saturated heterocycles. The molecule has 1 atom stereocenters. The third-order valence-corrected chi connectivity index (χ3v) is 5.53. The van der Waals surface area contributed by atoms with E-state index >= 15 is 0 Å². The summed E-state index contributed by atoms with van der Waals surface area (Å²) >= 11 is 0. The molecule has 1 heterocycles. The Kier molecular flexibility index (Phi) is 5.99. The Bertz CT molecular complexity index is 1310. The van der Waals surface area contributed by atoms with Crippen LogP contribution in [-0.4, -0.2) is 33.0 Å². The first-order valence-corrected chi connectivity index (χ1v) is 10.4. The van der Waals surface area contributed by atoms with Crippen molar-refractivity contribution in [2.45, 2.75) is 19.9 Å². The van der Waals surface area contributed by atoms with E-state index in [0.717, 1.165) is 11.1 Å². The van der Waals surface area contributed by atoms with Crippen molar-refractivity contribution in [3.63, 3.8) is 0 Å². The smallest absolute Gasteiger partial charge is 0.269 e. The van der Waals surface area contributed by atoms with Gasteiger partial charge in [0.05, 0.1) is 11.0 Å². The Balaban J connectivity index is 1.50. The average Bonchev–Trinajstić information content (AvgIpc) is 3.33. The van der Waals surface area contributed by atoms with Crippen molar-refractivity contribution in [1.29, 1.82) is 0 Å². The zero-order valence-corrected chi connectivity index (χ0v) is 18.4. The topological polar surface area (TPSA) is 102 Å². The molecule has 0 radical (unpaired) electrons. The van der Waals surface area contributed by atoms with Gasteiger partial charge in [0.2, 0.25) is 11.8 Å². The van der Waals surface area contributed by atoms with Crippen LogP contribution >= 0.6 is 0 Å². The van der Waals surface area contributed by atoms with Crippen LogP contribution in [0, 0.1) is 17.0 Å². The Hall–Kier alpha value is -4.33. The highest BCUT2D eigenvalue weighted by molar-refractivity contribution is 5.94. The minimum Gasteiger partial charge on any atom is -0.416 e. The highest BCUT2D eigenvalue weighted by Crippen LogP contribution is 2.27. The van der Waals surface area contributed by atoms with Crippen molar-refractivity contribution in [3.05, 3.63) is 99.6 Å². The molecular formula is C25H22N4O4. The third-order valence-electron chi connectivity index (χ3n) is 5.53. The monoisotopic (exact) mass is 442 g/mol. The average molecular weight is 442 g/mol. The van der Waals surface area contributed by atoms with E-state index in [-0.39, 0.29) is 17.6 Å². The number of nitro benzene ring substituents is 1. The zero-order chi connectivity index (χ0) is 23.5. The van der Waals surface area contributed by atoms with Gasteiger partial charge in [0, 0.05) is 35.9 Å². The molecule has 33 heavy (non-hydrogen) atoms. The SMILES string of the molecule is Cc1cccc(-c2nnc(-c3ccc(C(=O)N(C)[C@@H](C)c4cccc([N+](=O)[O-])c4)cc3)o2)c1. The summed E-state index contributed by atoms with van der Waals surface area (Å²) in [5, 5.41) is 19.3. The van der Waals surface area contributed by atoms with Gasteiger partial charge in [-0.3, -0.25) is 14.9 Å². The van der Waals surface area contributed by atoms with Gasteiger partial charge < -0.3 is 9.32 Å². The molecule has 1 aromatic heterocycles. The second kappa shape index (κ2) is 9.04. The van der Waals surface area contributed by atoms with Crippen LogP contribution in [0.1, 0.15) is 34.5 Å². The van der Waals surface area contributed by atoms with Gasteiger partial charge in [0.25, 0.3) is 11.6 Å². The molecule has 4 rings (SSSR count). The predicted molar refractivity (Wildman–Crippen MR) is 124 cm³/mol. The fourth-order valence-corrected chi connectivity index (χ4v) is 3.49. The van der Waals surface area contributed by atoms with Crippen molar-refractivity contribution < 1.29 is 14.1 Å². The number of hydrogen-bond donors (Lipinski definition) is 0. The molecule has 0 aliphatic carbocycles. The summed E-state index contributed by atoms with van der Waals surface area (Å²) < 4.78 is 5.81. The van der Waals surface area contributed by atoms with Gasteiger partial charge in [-0.05, 0) is 55.8 Å². The van der Waals surface area contributed by atoms with E-state index in [1.54, 1.807) is 48.3 Å². The fourth-order valence-electron chi connectivity index (χ4n) is 3.49. The minimum absolute atomic E-state index is 0.00542. The summed E-state index contributed by atoms with van der Waals surface area (Å²) in [6, 6.07) is 20.7. The summed E-state index contributed by atoms with van der Waals surface area (Å²) in [4.78, 5) is 25.1. The van der Waals surface area contributed by atoms with Crippen LogP contribution in [0.3, 0.4) is 0 Å². The van der Waals surface area contributed by atoms with Crippen LogP contribution in [0.15, 0.2) is 77.2 Å². The number of aryl methyl sites for hydroxylation is 1. The Morgan fingerprint density at radius 3 is 2.30 bits per heavy atom. The lowest BCUT2D eigenvalue weighted by Gasteiger charge is -2.25. The lowest BCUT2D eigenvalue weighted by atomic mass is 10.0. The van der Waals surface area contributed by atoms with Crippen LogP contribution in [0.25, 0.3) is 22.9 Å². The van der Waals surface area contributed by atoms with Crippen molar-refractivity contribution in [1.82, 2.24) is 15.1 Å². The normalized spacial score (nSPS) is 11.7. The van der Waals surface area contributed by atoms with E-state index < -0.39 is 4.92 Å². The van der Waals surface area contributed by atoms with E-state index in [9.17, 15) is 14.9 Å². The molecule has 8 nitrogen and oxygen atoms in total. The number of non-ortho nitro benzene ring substituents is 1. The second-order valence-electron chi connectivity index (χ2n) is 7.80. The Morgan fingerprint density at radius 1 is 0.970 bits per heavy atom. The molecule has 0 N–H and O–H groups in total. The highest BCUT2D eigenvalue weighted by atomic mass is 16.6. The van der Waals surface area contributed by atoms with Gasteiger partial charge in [0.15, 0.2) is 0 Å². The summed E-state index contributed by atoms with van der Waals surface area (Å²) in [5.41, 5.74) is 3.81. The lowest BCUT2D eigenvalue weighted by molar-refractivity contribution is -0.384. The number of carbonyl (C=O) groups is 1. The predicted octanol–water partition coefficient (Wildman–Crippen LogP) is 5.45. The fraction of sp³-hybridized carbons (Fsp3) is 0.160. The molecule has 0 saturated carbocycles. The number of carbonyl (C=O) groups excluding carboxylic acids is 1. The van der Waals surface area contributed by atoms with Crippen molar-refractivity contribution in [2.24, 2.45) is 0 Å². The summed E-state index contributed by atoms with van der Waals surface area (Å²) in [5.74, 6) is 0.592. The van der Waals surface area contributed by atoms with Crippen molar-refractivity contribution >= 4 is 11.6 Å². The standard InChI is InChI=1S/C25H22N4O4/c1-16-6-4-8-21(14-16)24-27-26-23(33-24)18-10-12-19(13-11-18)25(30)28(3)17(2)20-7-5-9-22(15-20)29(31)32/h4-15,17H,1-3H3/t17-/m0/s1. The summed E-state index contributed by atoms with van der Waals surface area (Å²) in [6.45, 7) is 3.82. The van der Waals surface area contributed by atoms with E-state index in [1.165, 1.54) is 12.1 Å². The van der Waals surface area contributed by atoms with Gasteiger partial charge in [-0.1, -0.05) is 29.8 Å². The van der Waals surface area contributed by atoms with Gasteiger partial charge in [-0.25, -0.2) is 0 Å². The van der Waals surface area contributed by atoms with Gasteiger partial charge in [-0.15, -0.1) is 10.2 Å².